The first kappa shape index (κ1) is 24.8. The third-order valence-electron chi connectivity index (χ3n) is 5.02. The van der Waals surface area contributed by atoms with E-state index in [9.17, 15) is 9.59 Å². The number of hydrogen-bond donors (Lipinski definition) is 2. The van der Waals surface area contributed by atoms with Crippen molar-refractivity contribution in [2.24, 2.45) is 0 Å². The van der Waals surface area contributed by atoms with Crippen molar-refractivity contribution in [2.45, 2.75) is 25.8 Å². The molecule has 2 aromatic heterocycles. The van der Waals surface area contributed by atoms with E-state index in [4.69, 9.17) is 16.3 Å². The molecule has 0 fully saturated rings. The summed E-state index contributed by atoms with van der Waals surface area (Å²) in [4.78, 5) is 33.7. The Hall–Kier alpha value is -3.83. The summed E-state index contributed by atoms with van der Waals surface area (Å²) < 4.78 is 6.59. The van der Waals surface area contributed by atoms with Crippen molar-refractivity contribution in [2.75, 3.05) is 25.5 Å². The Labute approximate surface area is 203 Å². The molecule has 1 atom stereocenters. The monoisotopic (exact) mass is 479 g/mol. The van der Waals surface area contributed by atoms with Crippen LogP contribution in [0.1, 0.15) is 41.7 Å². The number of methoxy groups -OCH3 is 1. The molecule has 0 aliphatic heterocycles. The topological polar surface area (TPSA) is 98.1 Å². The standard InChI is InChI=1S/C25H26ClN5O3/c1-18(19-9-11-20(26)12-10-19)31-17-7-8-21(24(31)33)23(32)27-14-5-3-4-6-15-28-25-29-16-13-22(30-25)34-2/h7-13,16-18H,5-6,14-15H2,1-2H3,(H,27,32)(H,28,29,30)/t18-/m0/s1. The number of anilines is 1. The maximum absolute atomic E-state index is 12.9. The molecule has 3 rings (SSSR count). The van der Waals surface area contributed by atoms with Crippen LogP contribution in [-0.4, -0.2) is 40.6 Å². The first-order chi connectivity index (χ1) is 16.5. The fourth-order valence-electron chi connectivity index (χ4n) is 3.18. The average Bonchev–Trinajstić information content (AvgIpc) is 2.85. The van der Waals surface area contributed by atoms with Crippen molar-refractivity contribution in [1.29, 1.82) is 0 Å². The van der Waals surface area contributed by atoms with Crippen LogP contribution in [0.4, 0.5) is 5.95 Å². The van der Waals surface area contributed by atoms with Crippen LogP contribution in [0.2, 0.25) is 5.02 Å². The van der Waals surface area contributed by atoms with Gasteiger partial charge < -0.3 is 19.9 Å². The van der Waals surface area contributed by atoms with Gasteiger partial charge in [-0.15, -0.1) is 11.8 Å². The normalized spacial score (nSPS) is 11.1. The lowest BCUT2D eigenvalue weighted by Gasteiger charge is -2.16. The number of pyridine rings is 1. The third kappa shape index (κ3) is 6.83. The minimum absolute atomic E-state index is 0.0961. The Bertz CT molecular complexity index is 1230. The third-order valence-corrected chi connectivity index (χ3v) is 5.27. The second-order valence-electron chi connectivity index (χ2n) is 7.32. The van der Waals surface area contributed by atoms with Crippen LogP contribution in [0.5, 0.6) is 5.88 Å². The Morgan fingerprint density at radius 3 is 2.62 bits per heavy atom. The van der Waals surface area contributed by atoms with Crippen molar-refractivity contribution in [3.8, 4) is 17.7 Å². The highest BCUT2D eigenvalue weighted by Gasteiger charge is 2.15. The van der Waals surface area contributed by atoms with Crippen LogP contribution >= 0.6 is 11.6 Å². The summed E-state index contributed by atoms with van der Waals surface area (Å²) in [5.41, 5.74) is 0.671. The number of carbonyl (C=O) groups excluding carboxylic acids is 1. The van der Waals surface area contributed by atoms with E-state index in [1.54, 1.807) is 43.8 Å². The molecule has 0 saturated carbocycles. The number of aromatic nitrogens is 3. The van der Waals surface area contributed by atoms with E-state index in [0.717, 1.165) is 5.56 Å². The minimum Gasteiger partial charge on any atom is -0.481 e. The van der Waals surface area contributed by atoms with Gasteiger partial charge in [0.1, 0.15) is 5.56 Å². The zero-order valence-corrected chi connectivity index (χ0v) is 19.8. The van der Waals surface area contributed by atoms with Crippen molar-refractivity contribution < 1.29 is 9.53 Å². The highest BCUT2D eigenvalue weighted by Crippen LogP contribution is 2.18. The molecule has 0 unspecified atom stereocenters. The van der Waals surface area contributed by atoms with E-state index >= 15 is 0 Å². The van der Waals surface area contributed by atoms with E-state index in [1.165, 1.54) is 10.6 Å². The molecule has 0 aliphatic carbocycles. The average molecular weight is 480 g/mol. The molecule has 2 N–H and O–H groups in total. The molecule has 34 heavy (non-hydrogen) atoms. The number of hydrogen-bond acceptors (Lipinski definition) is 6. The van der Waals surface area contributed by atoms with Gasteiger partial charge in [0.25, 0.3) is 11.5 Å². The molecular formula is C25H26ClN5O3. The lowest BCUT2D eigenvalue weighted by atomic mass is 10.1. The van der Waals surface area contributed by atoms with Crippen molar-refractivity contribution in [3.63, 3.8) is 0 Å². The lowest BCUT2D eigenvalue weighted by Crippen LogP contribution is -2.34. The predicted octanol–water partition coefficient (Wildman–Crippen LogP) is 3.54. The molecule has 1 amide bonds. The molecule has 9 heteroatoms. The first-order valence-corrected chi connectivity index (χ1v) is 11.2. The summed E-state index contributed by atoms with van der Waals surface area (Å²) in [6.45, 7) is 2.83. The second kappa shape index (κ2) is 12.4. The SMILES string of the molecule is COc1ccnc(NCCC#CCCNC(=O)c2cccn([C@@H](C)c3ccc(Cl)cc3)c2=O)n1. The lowest BCUT2D eigenvalue weighted by molar-refractivity contribution is 0.0952. The van der Waals surface area contributed by atoms with Crippen LogP contribution < -0.4 is 20.9 Å². The Kier molecular flexibility index (Phi) is 9.06. The Morgan fingerprint density at radius 2 is 1.88 bits per heavy atom. The maximum atomic E-state index is 12.9. The van der Waals surface area contributed by atoms with Gasteiger partial charge in [0.2, 0.25) is 11.8 Å². The largest absolute Gasteiger partial charge is 0.481 e. The molecule has 3 aromatic rings. The van der Waals surface area contributed by atoms with Gasteiger partial charge in [-0.2, -0.15) is 4.98 Å². The molecule has 0 bridgehead atoms. The summed E-state index contributed by atoms with van der Waals surface area (Å²) in [5.74, 6) is 6.59. The predicted molar refractivity (Wildman–Crippen MR) is 132 cm³/mol. The number of ether oxygens (including phenoxy) is 1. The highest BCUT2D eigenvalue weighted by atomic mass is 35.5. The summed E-state index contributed by atoms with van der Waals surface area (Å²) in [6, 6.07) is 11.9. The molecule has 0 spiro atoms. The molecule has 2 heterocycles. The number of nitrogens with one attached hydrogen (secondary N) is 2. The van der Waals surface area contributed by atoms with Gasteiger partial charge in [0, 0.05) is 49.4 Å². The van der Waals surface area contributed by atoms with Gasteiger partial charge in [0.15, 0.2) is 0 Å². The van der Waals surface area contributed by atoms with Crippen molar-refractivity contribution in [3.05, 3.63) is 81.4 Å². The number of rotatable bonds is 9. The number of nitrogens with zero attached hydrogens (tertiary/aromatic N) is 3. The quantitative estimate of drug-likeness (QED) is 0.360. The van der Waals surface area contributed by atoms with Crippen LogP contribution in [0.15, 0.2) is 59.7 Å². The number of carbonyl (C=O) groups is 1. The number of amides is 1. The number of benzene rings is 1. The van der Waals surface area contributed by atoms with Gasteiger partial charge >= 0.3 is 0 Å². The molecule has 176 valence electrons. The highest BCUT2D eigenvalue weighted by molar-refractivity contribution is 6.30. The van der Waals surface area contributed by atoms with E-state index in [1.807, 2.05) is 19.1 Å². The molecule has 8 nitrogen and oxygen atoms in total. The van der Waals surface area contributed by atoms with Crippen molar-refractivity contribution >= 4 is 23.5 Å². The minimum atomic E-state index is -0.415. The smallest absolute Gasteiger partial charge is 0.263 e. The summed E-state index contributed by atoms with van der Waals surface area (Å²) in [7, 11) is 1.55. The van der Waals surface area contributed by atoms with E-state index in [0.29, 0.717) is 42.8 Å². The first-order valence-electron chi connectivity index (χ1n) is 10.8. The molecule has 0 radical (unpaired) electrons. The Morgan fingerprint density at radius 1 is 1.15 bits per heavy atom. The summed E-state index contributed by atoms with van der Waals surface area (Å²) >= 11 is 5.95. The molecular weight excluding hydrogens is 454 g/mol. The fourth-order valence-corrected chi connectivity index (χ4v) is 3.30. The zero-order valence-electron chi connectivity index (χ0n) is 19.0. The second-order valence-corrected chi connectivity index (χ2v) is 7.76. The van der Waals surface area contributed by atoms with E-state index in [2.05, 4.69) is 32.4 Å². The summed E-state index contributed by atoms with van der Waals surface area (Å²) in [5, 5.41) is 6.45. The number of halogens is 1. The molecule has 1 aromatic carbocycles. The fraction of sp³-hybridized carbons (Fsp3) is 0.280. The molecule has 0 saturated heterocycles. The maximum Gasteiger partial charge on any atom is 0.263 e. The molecule has 0 aliphatic rings. The van der Waals surface area contributed by atoms with Gasteiger partial charge in [-0.1, -0.05) is 23.7 Å². The van der Waals surface area contributed by atoms with Gasteiger partial charge in [0.05, 0.1) is 13.2 Å². The van der Waals surface area contributed by atoms with Gasteiger partial charge in [-0.25, -0.2) is 4.98 Å². The van der Waals surface area contributed by atoms with Crippen LogP contribution in [-0.2, 0) is 0 Å². The van der Waals surface area contributed by atoms with Gasteiger partial charge in [-0.05, 0) is 36.8 Å². The zero-order chi connectivity index (χ0) is 24.3. The van der Waals surface area contributed by atoms with Crippen LogP contribution in [0.25, 0.3) is 0 Å². The van der Waals surface area contributed by atoms with E-state index in [-0.39, 0.29) is 17.2 Å². The Balaban J connectivity index is 1.47. The van der Waals surface area contributed by atoms with Crippen LogP contribution in [0.3, 0.4) is 0 Å². The van der Waals surface area contributed by atoms with Gasteiger partial charge in [-0.3, -0.25) is 9.59 Å². The summed E-state index contributed by atoms with van der Waals surface area (Å²) in [6.07, 6.45) is 4.36. The van der Waals surface area contributed by atoms with Crippen LogP contribution in [0, 0.1) is 11.8 Å². The van der Waals surface area contributed by atoms with E-state index < -0.39 is 5.91 Å². The van der Waals surface area contributed by atoms with Crippen molar-refractivity contribution in [1.82, 2.24) is 19.9 Å².